The highest BCUT2D eigenvalue weighted by Crippen LogP contribution is 2.56. The van der Waals surface area contributed by atoms with Crippen LogP contribution in [0.4, 0.5) is 17.1 Å². The van der Waals surface area contributed by atoms with E-state index in [-0.39, 0.29) is 0 Å². The Morgan fingerprint density at radius 1 is 0.750 bits per heavy atom. The van der Waals surface area contributed by atoms with Gasteiger partial charge < -0.3 is 4.90 Å². The standard InChI is InChI=1S/C22H17N3S3/c1-23-18-14-8-9-15-19(18)28-22(23)20(26)24(16-10-4-2-5-11-16)21(27)25(22)17-12-6-3-7-13-17/h2-15H,1H3. The number of hydrogen-bond donors (Lipinski definition) is 0. The molecule has 0 radical (unpaired) electrons. The summed E-state index contributed by atoms with van der Waals surface area (Å²) in [5.41, 5.74) is 3.18. The lowest BCUT2D eigenvalue weighted by Crippen LogP contribution is -2.56. The molecule has 138 valence electrons. The Balaban J connectivity index is 1.72. The lowest BCUT2D eigenvalue weighted by atomic mass is 10.2. The number of hydrogen-bond acceptors (Lipinski definition) is 4. The van der Waals surface area contributed by atoms with E-state index in [1.807, 2.05) is 53.4 Å². The fourth-order valence-electron chi connectivity index (χ4n) is 3.81. The van der Waals surface area contributed by atoms with E-state index in [1.165, 1.54) is 4.90 Å². The van der Waals surface area contributed by atoms with Crippen molar-refractivity contribution in [3.05, 3.63) is 84.9 Å². The maximum absolute atomic E-state index is 6.11. The molecule has 5 rings (SSSR count). The van der Waals surface area contributed by atoms with Gasteiger partial charge in [0.15, 0.2) is 5.11 Å². The van der Waals surface area contributed by atoms with Crippen molar-refractivity contribution in [2.45, 2.75) is 9.89 Å². The van der Waals surface area contributed by atoms with Gasteiger partial charge in [0.2, 0.25) is 4.99 Å². The highest BCUT2D eigenvalue weighted by Gasteiger charge is 2.60. The van der Waals surface area contributed by atoms with E-state index in [0.29, 0.717) is 5.11 Å². The van der Waals surface area contributed by atoms with Crippen molar-refractivity contribution < 1.29 is 0 Å². The zero-order valence-corrected chi connectivity index (χ0v) is 17.6. The first-order chi connectivity index (χ1) is 13.6. The van der Waals surface area contributed by atoms with Gasteiger partial charge in [-0.3, -0.25) is 9.80 Å². The second kappa shape index (κ2) is 6.58. The molecular weight excluding hydrogens is 402 g/mol. The monoisotopic (exact) mass is 419 g/mol. The van der Waals surface area contributed by atoms with Crippen LogP contribution < -0.4 is 14.7 Å². The normalized spacial score (nSPS) is 21.0. The summed E-state index contributed by atoms with van der Waals surface area (Å²) in [5.74, 6) is 0. The van der Waals surface area contributed by atoms with E-state index >= 15 is 0 Å². The van der Waals surface area contributed by atoms with Gasteiger partial charge in [-0.2, -0.15) is 0 Å². The molecule has 0 aromatic heterocycles. The number of thiocarbonyl (C=S) groups is 2. The molecule has 6 heteroatoms. The number of likely N-dealkylation sites (N-methyl/N-ethyl adjacent to an activating group) is 1. The molecule has 0 saturated carbocycles. The number of thioether (sulfide) groups is 1. The Kier molecular flexibility index (Phi) is 4.16. The predicted molar refractivity (Wildman–Crippen MR) is 126 cm³/mol. The van der Waals surface area contributed by atoms with E-state index in [9.17, 15) is 0 Å². The summed E-state index contributed by atoms with van der Waals surface area (Å²) in [5, 5.41) is 0.689. The van der Waals surface area contributed by atoms with E-state index in [2.05, 4.69) is 53.2 Å². The molecular formula is C22H17N3S3. The molecule has 1 fully saturated rings. The van der Waals surface area contributed by atoms with E-state index in [0.717, 1.165) is 22.1 Å². The Morgan fingerprint density at radius 3 is 1.96 bits per heavy atom. The van der Waals surface area contributed by atoms with Crippen molar-refractivity contribution in [2.75, 3.05) is 21.7 Å². The number of fused-ring (bicyclic) bond motifs is 1. The van der Waals surface area contributed by atoms with Gasteiger partial charge in [-0.05, 0) is 48.6 Å². The highest BCUT2D eigenvalue weighted by atomic mass is 32.2. The molecule has 1 saturated heterocycles. The molecule has 0 aliphatic carbocycles. The molecule has 28 heavy (non-hydrogen) atoms. The van der Waals surface area contributed by atoms with Crippen molar-refractivity contribution in [3.8, 4) is 0 Å². The quantitative estimate of drug-likeness (QED) is 0.502. The van der Waals surface area contributed by atoms with E-state index < -0.39 is 4.99 Å². The van der Waals surface area contributed by atoms with E-state index in [1.54, 1.807) is 11.8 Å². The molecule has 3 aromatic rings. The van der Waals surface area contributed by atoms with Crippen molar-refractivity contribution >= 4 is 63.4 Å². The minimum atomic E-state index is -0.618. The van der Waals surface area contributed by atoms with Crippen LogP contribution in [-0.4, -0.2) is 22.1 Å². The molecule has 3 aromatic carbocycles. The zero-order chi connectivity index (χ0) is 19.3. The SMILES string of the molecule is CN1c2ccccc2SC12C(=S)N(c1ccccc1)C(=S)N2c1ccccc1. The first kappa shape index (κ1) is 17.7. The third-order valence-electron chi connectivity index (χ3n) is 5.13. The number of rotatable bonds is 2. The Morgan fingerprint density at radius 2 is 1.32 bits per heavy atom. The molecule has 1 atom stereocenters. The van der Waals surface area contributed by atoms with Gasteiger partial charge in [0.05, 0.1) is 5.69 Å². The van der Waals surface area contributed by atoms with Crippen molar-refractivity contribution in [3.63, 3.8) is 0 Å². The smallest absolute Gasteiger partial charge is 0.225 e. The maximum atomic E-state index is 6.11. The van der Waals surface area contributed by atoms with Gasteiger partial charge in [0.1, 0.15) is 4.99 Å². The summed E-state index contributed by atoms with van der Waals surface area (Å²) in [6, 6.07) is 28.8. The summed E-state index contributed by atoms with van der Waals surface area (Å²) in [7, 11) is 2.10. The Bertz CT molecular complexity index is 1070. The molecule has 0 N–H and O–H groups in total. The van der Waals surface area contributed by atoms with Crippen molar-refractivity contribution in [1.29, 1.82) is 0 Å². The first-order valence-corrected chi connectivity index (χ1v) is 10.6. The van der Waals surface area contributed by atoms with Crippen LogP contribution in [0.25, 0.3) is 0 Å². The van der Waals surface area contributed by atoms with Crippen molar-refractivity contribution in [2.24, 2.45) is 0 Å². The number of para-hydroxylation sites is 3. The Labute approximate surface area is 179 Å². The van der Waals surface area contributed by atoms with Gasteiger partial charge in [0.25, 0.3) is 0 Å². The van der Waals surface area contributed by atoms with Crippen LogP contribution in [-0.2, 0) is 0 Å². The first-order valence-electron chi connectivity index (χ1n) is 8.95. The molecule has 1 spiro atoms. The summed E-state index contributed by atoms with van der Waals surface area (Å²) < 4.78 is 0. The average molecular weight is 420 g/mol. The van der Waals surface area contributed by atoms with Crippen molar-refractivity contribution in [1.82, 2.24) is 0 Å². The van der Waals surface area contributed by atoms with Gasteiger partial charge in [-0.25, -0.2) is 0 Å². The minimum Gasteiger partial charge on any atom is -0.336 e. The predicted octanol–water partition coefficient (Wildman–Crippen LogP) is 5.52. The minimum absolute atomic E-state index is 0.618. The largest absolute Gasteiger partial charge is 0.336 e. The molecule has 2 aliphatic heterocycles. The van der Waals surface area contributed by atoms with E-state index in [4.69, 9.17) is 24.4 Å². The lowest BCUT2D eigenvalue weighted by Gasteiger charge is -2.39. The summed E-state index contributed by atoms with van der Waals surface area (Å²) >= 11 is 13.9. The fourth-order valence-corrected chi connectivity index (χ4v) is 6.37. The molecule has 2 heterocycles. The summed E-state index contributed by atoms with van der Waals surface area (Å²) in [4.78, 5) is 7.81. The molecule has 2 aliphatic rings. The lowest BCUT2D eigenvalue weighted by molar-refractivity contribution is 0.788. The number of benzene rings is 3. The second-order valence-corrected chi connectivity index (χ2v) is 8.63. The van der Waals surface area contributed by atoms with Crippen LogP contribution in [0.2, 0.25) is 0 Å². The zero-order valence-electron chi connectivity index (χ0n) is 15.1. The molecule has 0 amide bonds. The topological polar surface area (TPSA) is 9.72 Å². The van der Waals surface area contributed by atoms with Crippen LogP contribution in [0.1, 0.15) is 0 Å². The van der Waals surface area contributed by atoms with Gasteiger partial charge in [-0.1, -0.05) is 72.5 Å². The maximum Gasteiger partial charge on any atom is 0.225 e. The molecule has 1 unspecified atom stereocenters. The molecule has 0 bridgehead atoms. The Hall–Kier alpha value is -2.41. The third-order valence-corrected chi connectivity index (χ3v) is 7.59. The summed E-state index contributed by atoms with van der Waals surface area (Å²) in [6.45, 7) is 0. The fraction of sp³-hybridized carbons (Fsp3) is 0.0909. The van der Waals surface area contributed by atoms with Gasteiger partial charge >= 0.3 is 0 Å². The van der Waals surface area contributed by atoms with Crippen LogP contribution in [0.3, 0.4) is 0 Å². The number of anilines is 3. The van der Waals surface area contributed by atoms with Crippen LogP contribution in [0, 0.1) is 0 Å². The van der Waals surface area contributed by atoms with Crippen LogP contribution in [0.5, 0.6) is 0 Å². The highest BCUT2D eigenvalue weighted by molar-refractivity contribution is 8.03. The third kappa shape index (κ3) is 2.35. The van der Waals surface area contributed by atoms with Crippen LogP contribution >= 0.6 is 36.2 Å². The van der Waals surface area contributed by atoms with Gasteiger partial charge in [0, 0.05) is 23.3 Å². The second-order valence-electron chi connectivity index (χ2n) is 6.67. The average Bonchev–Trinajstić information content (AvgIpc) is 3.15. The summed E-state index contributed by atoms with van der Waals surface area (Å²) in [6.07, 6.45) is 0. The number of nitrogens with zero attached hydrogens (tertiary/aromatic N) is 3. The van der Waals surface area contributed by atoms with Gasteiger partial charge in [-0.15, -0.1) is 0 Å². The molecule has 3 nitrogen and oxygen atoms in total. The van der Waals surface area contributed by atoms with Crippen LogP contribution in [0.15, 0.2) is 89.8 Å².